The van der Waals surface area contributed by atoms with Crippen LogP contribution in [-0.4, -0.2) is 49.4 Å². The summed E-state index contributed by atoms with van der Waals surface area (Å²) in [5, 5.41) is 6.52. The van der Waals surface area contributed by atoms with Crippen molar-refractivity contribution in [2.24, 2.45) is 16.7 Å². The average molecular weight is 360 g/mol. The van der Waals surface area contributed by atoms with Gasteiger partial charge in [0.05, 0.1) is 5.92 Å². The zero-order valence-corrected chi connectivity index (χ0v) is 16.4. The summed E-state index contributed by atoms with van der Waals surface area (Å²) in [7, 11) is 0. The fraction of sp³-hybridized carbons (Fsp3) is 0.889. The summed E-state index contributed by atoms with van der Waals surface area (Å²) in [5.41, 5.74) is -0.169. The first-order chi connectivity index (χ1) is 10.7. The Labute approximate surface area is 152 Å². The molecule has 0 spiro atoms. The summed E-state index contributed by atoms with van der Waals surface area (Å²) < 4.78 is 0. The van der Waals surface area contributed by atoms with Crippen LogP contribution in [0.2, 0.25) is 0 Å². The molecule has 2 rings (SSSR count). The second-order valence-electron chi connectivity index (χ2n) is 8.62. The van der Waals surface area contributed by atoms with Crippen LogP contribution >= 0.6 is 12.4 Å². The van der Waals surface area contributed by atoms with Gasteiger partial charge in [-0.05, 0) is 44.2 Å². The lowest BCUT2D eigenvalue weighted by Gasteiger charge is -2.37. The summed E-state index contributed by atoms with van der Waals surface area (Å²) in [6.45, 7) is 12.2. The van der Waals surface area contributed by atoms with Gasteiger partial charge in [0.2, 0.25) is 11.8 Å². The fourth-order valence-electron chi connectivity index (χ4n) is 3.50. The van der Waals surface area contributed by atoms with Crippen LogP contribution in [0.4, 0.5) is 0 Å². The number of hydrogen-bond acceptors (Lipinski definition) is 3. The van der Waals surface area contributed by atoms with Crippen LogP contribution in [0.1, 0.15) is 53.4 Å². The number of likely N-dealkylation sites (tertiary alicyclic amines) is 1. The lowest BCUT2D eigenvalue weighted by molar-refractivity contribution is -0.142. The molecule has 0 aromatic rings. The van der Waals surface area contributed by atoms with Crippen LogP contribution in [0.25, 0.3) is 0 Å². The van der Waals surface area contributed by atoms with Crippen LogP contribution in [-0.2, 0) is 9.59 Å². The predicted molar refractivity (Wildman–Crippen MR) is 99.2 cm³/mol. The van der Waals surface area contributed by atoms with Crippen molar-refractivity contribution in [3.8, 4) is 0 Å². The SMILES string of the molecule is CC1(CNC(=O)C2CCCN(C(=O)C(C)(C)C)C2)CCNCC1.Cl. The van der Waals surface area contributed by atoms with Crippen molar-refractivity contribution >= 4 is 24.2 Å². The van der Waals surface area contributed by atoms with Gasteiger partial charge < -0.3 is 15.5 Å². The summed E-state index contributed by atoms with van der Waals surface area (Å²) in [4.78, 5) is 26.8. The normalized spacial score (nSPS) is 24.0. The molecule has 1 unspecified atom stereocenters. The number of carbonyl (C=O) groups is 2. The minimum atomic E-state index is -0.374. The van der Waals surface area contributed by atoms with E-state index in [2.05, 4.69) is 17.6 Å². The number of nitrogens with zero attached hydrogens (tertiary/aromatic N) is 1. The van der Waals surface area contributed by atoms with Crippen LogP contribution in [0, 0.1) is 16.7 Å². The maximum Gasteiger partial charge on any atom is 0.227 e. The Bertz CT molecular complexity index is 442. The molecule has 1 atom stereocenters. The topological polar surface area (TPSA) is 61.4 Å². The largest absolute Gasteiger partial charge is 0.355 e. The number of amides is 2. The van der Waals surface area contributed by atoms with E-state index in [4.69, 9.17) is 0 Å². The summed E-state index contributed by atoms with van der Waals surface area (Å²) in [5.74, 6) is 0.219. The van der Waals surface area contributed by atoms with Crippen LogP contribution < -0.4 is 10.6 Å². The predicted octanol–water partition coefficient (Wildman–Crippen LogP) is 2.20. The third-order valence-corrected chi connectivity index (χ3v) is 5.22. The maximum atomic E-state index is 12.5. The minimum absolute atomic E-state index is 0. The van der Waals surface area contributed by atoms with Gasteiger partial charge in [-0.1, -0.05) is 27.7 Å². The second kappa shape index (κ2) is 8.52. The van der Waals surface area contributed by atoms with Gasteiger partial charge in [-0.2, -0.15) is 0 Å². The van der Waals surface area contributed by atoms with Crippen molar-refractivity contribution in [1.82, 2.24) is 15.5 Å². The molecule has 140 valence electrons. The first kappa shape index (κ1) is 21.2. The van der Waals surface area contributed by atoms with E-state index in [0.29, 0.717) is 6.54 Å². The highest BCUT2D eigenvalue weighted by molar-refractivity contribution is 5.85. The van der Waals surface area contributed by atoms with Crippen LogP contribution in [0.15, 0.2) is 0 Å². The van der Waals surface area contributed by atoms with Crippen molar-refractivity contribution in [3.05, 3.63) is 0 Å². The lowest BCUT2D eigenvalue weighted by Crippen LogP contribution is -2.50. The second-order valence-corrected chi connectivity index (χ2v) is 8.62. The minimum Gasteiger partial charge on any atom is -0.355 e. The quantitative estimate of drug-likeness (QED) is 0.812. The van der Waals surface area contributed by atoms with E-state index in [1.807, 2.05) is 25.7 Å². The van der Waals surface area contributed by atoms with E-state index < -0.39 is 0 Å². The van der Waals surface area contributed by atoms with Gasteiger partial charge in [0.25, 0.3) is 0 Å². The van der Waals surface area contributed by atoms with Gasteiger partial charge in [-0.25, -0.2) is 0 Å². The zero-order chi connectivity index (χ0) is 17.1. The van der Waals surface area contributed by atoms with Crippen molar-refractivity contribution in [2.45, 2.75) is 53.4 Å². The highest BCUT2D eigenvalue weighted by atomic mass is 35.5. The molecule has 0 saturated carbocycles. The molecule has 24 heavy (non-hydrogen) atoms. The van der Waals surface area contributed by atoms with Crippen molar-refractivity contribution in [3.63, 3.8) is 0 Å². The molecular formula is C18H34ClN3O2. The van der Waals surface area contributed by atoms with Crippen LogP contribution in [0.5, 0.6) is 0 Å². The Balaban J connectivity index is 0.00000288. The summed E-state index contributed by atoms with van der Waals surface area (Å²) in [6.07, 6.45) is 4.01. The first-order valence-corrected chi connectivity index (χ1v) is 8.99. The Hall–Kier alpha value is -0.810. The Morgan fingerprint density at radius 3 is 2.46 bits per heavy atom. The smallest absolute Gasteiger partial charge is 0.227 e. The number of hydrogen-bond donors (Lipinski definition) is 2. The highest BCUT2D eigenvalue weighted by Gasteiger charge is 2.34. The Morgan fingerprint density at radius 2 is 1.88 bits per heavy atom. The Kier molecular flexibility index (Phi) is 7.54. The highest BCUT2D eigenvalue weighted by Crippen LogP contribution is 2.27. The van der Waals surface area contributed by atoms with Gasteiger partial charge in [0.15, 0.2) is 0 Å². The third kappa shape index (κ3) is 5.62. The van der Waals surface area contributed by atoms with Gasteiger partial charge in [0.1, 0.15) is 0 Å². The number of halogens is 1. The molecule has 5 nitrogen and oxygen atoms in total. The molecule has 2 heterocycles. The monoisotopic (exact) mass is 359 g/mol. The molecule has 2 fully saturated rings. The molecule has 2 N–H and O–H groups in total. The lowest BCUT2D eigenvalue weighted by atomic mass is 9.81. The molecule has 2 aliphatic rings. The molecule has 0 bridgehead atoms. The number of nitrogens with one attached hydrogen (secondary N) is 2. The van der Waals surface area contributed by atoms with E-state index in [1.54, 1.807) is 0 Å². The Morgan fingerprint density at radius 1 is 1.25 bits per heavy atom. The van der Waals surface area contributed by atoms with Crippen molar-refractivity contribution in [2.75, 3.05) is 32.7 Å². The molecule has 2 aliphatic heterocycles. The van der Waals surface area contributed by atoms with E-state index >= 15 is 0 Å². The van der Waals surface area contributed by atoms with Crippen molar-refractivity contribution < 1.29 is 9.59 Å². The molecule has 2 amide bonds. The van der Waals surface area contributed by atoms with Gasteiger partial charge in [-0.15, -0.1) is 12.4 Å². The van der Waals surface area contributed by atoms with Crippen molar-refractivity contribution in [1.29, 1.82) is 0 Å². The number of rotatable bonds is 3. The van der Waals surface area contributed by atoms with E-state index in [1.165, 1.54) is 0 Å². The average Bonchev–Trinajstić information content (AvgIpc) is 2.52. The fourth-order valence-corrected chi connectivity index (χ4v) is 3.50. The molecule has 0 aromatic carbocycles. The summed E-state index contributed by atoms with van der Waals surface area (Å²) in [6, 6.07) is 0. The number of piperidine rings is 2. The molecule has 2 saturated heterocycles. The van der Waals surface area contributed by atoms with E-state index in [0.717, 1.165) is 51.9 Å². The first-order valence-electron chi connectivity index (χ1n) is 8.99. The molecule has 6 heteroatoms. The standard InChI is InChI=1S/C18H33N3O2.ClH/c1-17(2,3)16(23)21-11-5-6-14(12-21)15(22)20-13-18(4)7-9-19-10-8-18;/h14,19H,5-13H2,1-4H3,(H,20,22);1H. The van der Waals surface area contributed by atoms with Gasteiger partial charge >= 0.3 is 0 Å². The number of carbonyl (C=O) groups excluding carboxylic acids is 2. The van der Waals surface area contributed by atoms with Gasteiger partial charge in [-0.3, -0.25) is 9.59 Å². The zero-order valence-electron chi connectivity index (χ0n) is 15.6. The van der Waals surface area contributed by atoms with E-state index in [-0.39, 0.29) is 41.0 Å². The molecule has 0 aromatic heterocycles. The third-order valence-electron chi connectivity index (χ3n) is 5.22. The maximum absolute atomic E-state index is 12.5. The molecule has 0 radical (unpaired) electrons. The van der Waals surface area contributed by atoms with Gasteiger partial charge in [0, 0.05) is 25.0 Å². The summed E-state index contributed by atoms with van der Waals surface area (Å²) >= 11 is 0. The molecule has 0 aliphatic carbocycles. The van der Waals surface area contributed by atoms with Crippen LogP contribution in [0.3, 0.4) is 0 Å². The van der Waals surface area contributed by atoms with E-state index in [9.17, 15) is 9.59 Å². The molecular weight excluding hydrogens is 326 g/mol.